The molecule has 0 saturated carbocycles. The fourth-order valence-corrected chi connectivity index (χ4v) is 2.42. The molecule has 18 heavy (non-hydrogen) atoms. The standard InChI is InChI=1S/C12H15Cl2FN2.ClH/c1-8-6-16-4-5-17(8)7-9-2-3-10(15)12(14)11(9)13;/h2-3,8,16H,4-7H2,1H3;1H/t8-;/m0./s1. The maximum atomic E-state index is 13.2. The summed E-state index contributed by atoms with van der Waals surface area (Å²) in [7, 11) is 0. The molecule has 1 heterocycles. The van der Waals surface area contributed by atoms with E-state index in [0.29, 0.717) is 17.6 Å². The molecule has 1 atom stereocenters. The lowest BCUT2D eigenvalue weighted by atomic mass is 10.1. The van der Waals surface area contributed by atoms with E-state index in [-0.39, 0.29) is 17.4 Å². The number of nitrogens with zero attached hydrogens (tertiary/aromatic N) is 1. The quantitative estimate of drug-likeness (QED) is 0.842. The van der Waals surface area contributed by atoms with Gasteiger partial charge in [-0.2, -0.15) is 0 Å². The van der Waals surface area contributed by atoms with Gasteiger partial charge in [-0.3, -0.25) is 4.90 Å². The van der Waals surface area contributed by atoms with E-state index in [1.54, 1.807) is 6.07 Å². The first-order chi connectivity index (χ1) is 8.09. The summed E-state index contributed by atoms with van der Waals surface area (Å²) in [6, 6.07) is 3.53. The first-order valence-corrected chi connectivity index (χ1v) is 6.42. The van der Waals surface area contributed by atoms with Crippen LogP contribution < -0.4 is 5.32 Å². The summed E-state index contributed by atoms with van der Waals surface area (Å²) in [6.07, 6.45) is 0. The van der Waals surface area contributed by atoms with Crippen LogP contribution in [0.4, 0.5) is 4.39 Å². The average molecular weight is 314 g/mol. The number of hydrogen-bond acceptors (Lipinski definition) is 2. The van der Waals surface area contributed by atoms with Crippen molar-refractivity contribution in [3.63, 3.8) is 0 Å². The summed E-state index contributed by atoms with van der Waals surface area (Å²) >= 11 is 11.9. The molecule has 1 N–H and O–H groups in total. The minimum absolute atomic E-state index is 0. The van der Waals surface area contributed by atoms with Gasteiger partial charge in [0, 0.05) is 32.2 Å². The van der Waals surface area contributed by atoms with Gasteiger partial charge in [-0.25, -0.2) is 4.39 Å². The van der Waals surface area contributed by atoms with Crippen molar-refractivity contribution < 1.29 is 4.39 Å². The number of hydrogen-bond donors (Lipinski definition) is 1. The van der Waals surface area contributed by atoms with E-state index < -0.39 is 5.82 Å². The van der Waals surface area contributed by atoms with Crippen LogP contribution in [-0.2, 0) is 6.54 Å². The van der Waals surface area contributed by atoms with Gasteiger partial charge in [-0.1, -0.05) is 29.3 Å². The molecule has 1 fully saturated rings. The zero-order valence-corrected chi connectivity index (χ0v) is 12.4. The van der Waals surface area contributed by atoms with Crippen LogP contribution in [0.1, 0.15) is 12.5 Å². The van der Waals surface area contributed by atoms with Crippen LogP contribution in [-0.4, -0.2) is 30.6 Å². The van der Waals surface area contributed by atoms with Gasteiger partial charge in [0.15, 0.2) is 0 Å². The maximum Gasteiger partial charge on any atom is 0.143 e. The molecule has 102 valence electrons. The van der Waals surface area contributed by atoms with Gasteiger partial charge in [0.25, 0.3) is 0 Å². The Morgan fingerprint density at radius 2 is 2.11 bits per heavy atom. The van der Waals surface area contributed by atoms with Crippen molar-refractivity contribution in [1.29, 1.82) is 0 Å². The molecule has 1 aliphatic rings. The molecule has 1 aromatic rings. The van der Waals surface area contributed by atoms with E-state index in [0.717, 1.165) is 25.2 Å². The molecule has 0 amide bonds. The van der Waals surface area contributed by atoms with Crippen LogP contribution in [0, 0.1) is 5.82 Å². The minimum atomic E-state index is -0.464. The first-order valence-electron chi connectivity index (χ1n) is 5.66. The lowest BCUT2D eigenvalue weighted by molar-refractivity contribution is 0.165. The molecule has 1 aromatic carbocycles. The van der Waals surface area contributed by atoms with Gasteiger partial charge in [0.1, 0.15) is 5.82 Å². The molecule has 0 radical (unpaired) electrons. The molecule has 0 unspecified atom stereocenters. The third-order valence-corrected chi connectivity index (χ3v) is 4.03. The first kappa shape index (κ1) is 16.0. The number of halogens is 4. The SMILES string of the molecule is C[C@H]1CNCCN1Cc1ccc(F)c(Cl)c1Cl.Cl. The van der Waals surface area contributed by atoms with Crippen molar-refractivity contribution >= 4 is 35.6 Å². The van der Waals surface area contributed by atoms with Gasteiger partial charge < -0.3 is 5.32 Å². The van der Waals surface area contributed by atoms with Crippen LogP contribution in [0.25, 0.3) is 0 Å². The van der Waals surface area contributed by atoms with E-state index in [9.17, 15) is 4.39 Å². The van der Waals surface area contributed by atoms with E-state index >= 15 is 0 Å². The predicted molar refractivity (Wildman–Crippen MR) is 76.4 cm³/mol. The van der Waals surface area contributed by atoms with Crippen LogP contribution >= 0.6 is 35.6 Å². The number of rotatable bonds is 2. The summed E-state index contributed by atoms with van der Waals surface area (Å²) < 4.78 is 13.2. The molecular formula is C12H16Cl3FN2. The summed E-state index contributed by atoms with van der Waals surface area (Å²) in [5.74, 6) is -0.464. The zero-order chi connectivity index (χ0) is 12.4. The van der Waals surface area contributed by atoms with Crippen LogP contribution in [0.3, 0.4) is 0 Å². The third-order valence-electron chi connectivity index (χ3n) is 3.13. The molecule has 1 aliphatic heterocycles. The Hall–Kier alpha value is -0.0600. The van der Waals surface area contributed by atoms with Crippen molar-refractivity contribution in [2.24, 2.45) is 0 Å². The molecule has 1 saturated heterocycles. The summed E-state index contributed by atoms with van der Waals surface area (Å²) in [5, 5.41) is 3.68. The van der Waals surface area contributed by atoms with E-state index in [1.165, 1.54) is 6.07 Å². The number of nitrogens with one attached hydrogen (secondary N) is 1. The summed E-state index contributed by atoms with van der Waals surface area (Å²) in [4.78, 5) is 2.31. The van der Waals surface area contributed by atoms with Gasteiger partial charge in [0.05, 0.1) is 10.0 Å². The Kier molecular flexibility index (Phi) is 6.15. The fourth-order valence-electron chi connectivity index (χ4n) is 2.02. The summed E-state index contributed by atoms with van der Waals surface area (Å²) in [6.45, 7) is 5.77. The molecule has 0 aromatic heterocycles. The van der Waals surface area contributed by atoms with Crippen LogP contribution in [0.2, 0.25) is 10.0 Å². The highest BCUT2D eigenvalue weighted by Gasteiger charge is 2.20. The molecule has 6 heteroatoms. The Balaban J connectivity index is 0.00000162. The van der Waals surface area contributed by atoms with Gasteiger partial charge in [0.2, 0.25) is 0 Å². The predicted octanol–water partition coefficient (Wildman–Crippen LogP) is 3.35. The third kappa shape index (κ3) is 3.49. The van der Waals surface area contributed by atoms with Crippen molar-refractivity contribution in [3.05, 3.63) is 33.6 Å². The lowest BCUT2D eigenvalue weighted by Crippen LogP contribution is -2.49. The van der Waals surface area contributed by atoms with Gasteiger partial charge in [-0.05, 0) is 18.6 Å². The molecule has 0 bridgehead atoms. The van der Waals surface area contributed by atoms with Crippen LogP contribution in [0.5, 0.6) is 0 Å². The normalized spacial score (nSPS) is 20.6. The highest BCUT2D eigenvalue weighted by Crippen LogP contribution is 2.29. The van der Waals surface area contributed by atoms with Crippen molar-refractivity contribution in [3.8, 4) is 0 Å². The van der Waals surface area contributed by atoms with Crippen molar-refractivity contribution in [1.82, 2.24) is 10.2 Å². The lowest BCUT2D eigenvalue weighted by Gasteiger charge is -2.34. The summed E-state index contributed by atoms with van der Waals surface area (Å²) in [5.41, 5.74) is 0.881. The van der Waals surface area contributed by atoms with E-state index in [4.69, 9.17) is 23.2 Å². The average Bonchev–Trinajstić information content (AvgIpc) is 2.32. The molecular weight excluding hydrogens is 298 g/mol. The fraction of sp³-hybridized carbons (Fsp3) is 0.500. The highest BCUT2D eigenvalue weighted by atomic mass is 35.5. The monoisotopic (exact) mass is 312 g/mol. The van der Waals surface area contributed by atoms with Gasteiger partial charge >= 0.3 is 0 Å². The molecule has 2 rings (SSSR count). The number of piperazine rings is 1. The Morgan fingerprint density at radius 3 is 2.78 bits per heavy atom. The van der Waals surface area contributed by atoms with Crippen molar-refractivity contribution in [2.75, 3.05) is 19.6 Å². The molecule has 2 nitrogen and oxygen atoms in total. The second-order valence-corrected chi connectivity index (χ2v) is 5.11. The van der Waals surface area contributed by atoms with E-state index in [1.807, 2.05) is 0 Å². The second-order valence-electron chi connectivity index (χ2n) is 4.36. The second kappa shape index (κ2) is 6.92. The molecule has 0 aliphatic carbocycles. The van der Waals surface area contributed by atoms with Crippen molar-refractivity contribution in [2.45, 2.75) is 19.5 Å². The minimum Gasteiger partial charge on any atom is -0.314 e. The maximum absolute atomic E-state index is 13.2. The Labute approximate surface area is 123 Å². The van der Waals surface area contributed by atoms with Gasteiger partial charge in [-0.15, -0.1) is 12.4 Å². The molecule has 0 spiro atoms. The Bertz CT molecular complexity index is 415. The smallest absolute Gasteiger partial charge is 0.143 e. The zero-order valence-electron chi connectivity index (χ0n) is 10.0. The number of benzene rings is 1. The topological polar surface area (TPSA) is 15.3 Å². The van der Waals surface area contributed by atoms with Crippen LogP contribution in [0.15, 0.2) is 12.1 Å². The largest absolute Gasteiger partial charge is 0.314 e. The van der Waals surface area contributed by atoms with E-state index in [2.05, 4.69) is 17.1 Å². The Morgan fingerprint density at radius 1 is 1.39 bits per heavy atom. The highest BCUT2D eigenvalue weighted by molar-refractivity contribution is 6.42.